The molecule has 2 N–H and O–H groups in total. The molecule has 1 aromatic rings. The predicted molar refractivity (Wildman–Crippen MR) is 59.8 cm³/mol. The molecule has 0 aliphatic carbocycles. The Labute approximate surface area is 94.5 Å². The van der Waals surface area contributed by atoms with Crippen molar-refractivity contribution >= 4 is 5.97 Å². The Kier molecular flexibility index (Phi) is 5.03. The molecule has 0 amide bonds. The second-order valence-corrected chi connectivity index (χ2v) is 3.44. The molecule has 0 radical (unpaired) electrons. The van der Waals surface area contributed by atoms with Crippen LogP contribution in [0.25, 0.3) is 0 Å². The first-order chi connectivity index (χ1) is 7.74. The zero-order valence-corrected chi connectivity index (χ0v) is 8.89. The number of carboxylic acid groups (broad SMARTS) is 1. The van der Waals surface area contributed by atoms with Crippen LogP contribution in [0.15, 0.2) is 30.3 Å². The average Bonchev–Trinajstić information content (AvgIpc) is 2.29. The van der Waals surface area contributed by atoms with Crippen LogP contribution in [0, 0.1) is 11.3 Å². The van der Waals surface area contributed by atoms with Crippen LogP contribution in [0.4, 0.5) is 0 Å². The standard InChI is InChI=1S/C12H14N2O2/c13-7-4-8-14-11(12(15)16)9-10-5-2-1-3-6-10/h1-3,5-6,11,14H,4,8-9H2,(H,15,16). The summed E-state index contributed by atoms with van der Waals surface area (Å²) >= 11 is 0. The molecule has 1 unspecified atom stereocenters. The summed E-state index contributed by atoms with van der Waals surface area (Å²) in [6.45, 7) is 0.403. The summed E-state index contributed by atoms with van der Waals surface area (Å²) in [6.07, 6.45) is 0.750. The Morgan fingerprint density at radius 1 is 1.44 bits per heavy atom. The number of hydrogen-bond acceptors (Lipinski definition) is 3. The van der Waals surface area contributed by atoms with Crippen molar-refractivity contribution in [3.8, 4) is 6.07 Å². The fraction of sp³-hybridized carbons (Fsp3) is 0.333. The Morgan fingerprint density at radius 2 is 2.12 bits per heavy atom. The van der Waals surface area contributed by atoms with Crippen molar-refractivity contribution in [1.82, 2.24) is 5.32 Å². The van der Waals surface area contributed by atoms with E-state index in [4.69, 9.17) is 10.4 Å². The number of rotatable bonds is 6. The van der Waals surface area contributed by atoms with Gasteiger partial charge in [-0.1, -0.05) is 30.3 Å². The molecule has 0 aliphatic heterocycles. The first-order valence-electron chi connectivity index (χ1n) is 5.11. The highest BCUT2D eigenvalue weighted by molar-refractivity contribution is 5.73. The van der Waals surface area contributed by atoms with E-state index in [-0.39, 0.29) is 0 Å². The van der Waals surface area contributed by atoms with Gasteiger partial charge in [-0.05, 0) is 12.0 Å². The molecule has 4 nitrogen and oxygen atoms in total. The van der Waals surface area contributed by atoms with Crippen molar-refractivity contribution in [1.29, 1.82) is 5.26 Å². The summed E-state index contributed by atoms with van der Waals surface area (Å²) in [5.74, 6) is -0.887. The fourth-order valence-corrected chi connectivity index (χ4v) is 1.40. The monoisotopic (exact) mass is 218 g/mol. The molecule has 84 valence electrons. The van der Waals surface area contributed by atoms with Crippen LogP contribution in [0.1, 0.15) is 12.0 Å². The first kappa shape index (κ1) is 12.2. The lowest BCUT2D eigenvalue weighted by molar-refractivity contribution is -0.139. The molecule has 4 heteroatoms. The van der Waals surface area contributed by atoms with E-state index in [2.05, 4.69) is 5.32 Å². The molecule has 16 heavy (non-hydrogen) atoms. The van der Waals surface area contributed by atoms with Gasteiger partial charge in [0, 0.05) is 13.0 Å². The Morgan fingerprint density at radius 3 is 2.69 bits per heavy atom. The van der Waals surface area contributed by atoms with Gasteiger partial charge in [0.15, 0.2) is 0 Å². The molecule has 1 aromatic carbocycles. The van der Waals surface area contributed by atoms with Gasteiger partial charge in [0.2, 0.25) is 0 Å². The second-order valence-electron chi connectivity index (χ2n) is 3.44. The van der Waals surface area contributed by atoms with Crippen LogP contribution in [0.3, 0.4) is 0 Å². The van der Waals surface area contributed by atoms with Crippen LogP contribution in [0.2, 0.25) is 0 Å². The number of aliphatic carboxylic acids is 1. The van der Waals surface area contributed by atoms with E-state index in [1.54, 1.807) is 0 Å². The maximum atomic E-state index is 11.0. The third kappa shape index (κ3) is 4.11. The first-order valence-corrected chi connectivity index (χ1v) is 5.11. The normalized spacial score (nSPS) is 11.7. The third-order valence-corrected chi connectivity index (χ3v) is 2.21. The van der Waals surface area contributed by atoms with E-state index in [1.807, 2.05) is 36.4 Å². The van der Waals surface area contributed by atoms with E-state index < -0.39 is 12.0 Å². The Bertz CT molecular complexity index is 370. The molecule has 1 rings (SSSR count). The fourth-order valence-electron chi connectivity index (χ4n) is 1.40. The molecule has 0 aliphatic rings. The van der Waals surface area contributed by atoms with E-state index in [0.717, 1.165) is 5.56 Å². The smallest absolute Gasteiger partial charge is 0.321 e. The molecule has 0 bridgehead atoms. The maximum Gasteiger partial charge on any atom is 0.321 e. The van der Waals surface area contributed by atoms with E-state index in [1.165, 1.54) is 0 Å². The Balaban J connectivity index is 2.52. The minimum absolute atomic E-state index is 0.318. The highest BCUT2D eigenvalue weighted by atomic mass is 16.4. The van der Waals surface area contributed by atoms with Crippen molar-refractivity contribution in [2.24, 2.45) is 0 Å². The van der Waals surface area contributed by atoms with Gasteiger partial charge in [-0.15, -0.1) is 0 Å². The molecule has 0 aromatic heterocycles. The second kappa shape index (κ2) is 6.59. The summed E-state index contributed by atoms with van der Waals surface area (Å²) in [7, 11) is 0. The van der Waals surface area contributed by atoms with Crippen molar-refractivity contribution < 1.29 is 9.90 Å². The largest absolute Gasteiger partial charge is 0.480 e. The van der Waals surface area contributed by atoms with Crippen molar-refractivity contribution in [2.75, 3.05) is 6.54 Å². The van der Waals surface area contributed by atoms with Crippen molar-refractivity contribution in [2.45, 2.75) is 18.9 Å². The summed E-state index contributed by atoms with van der Waals surface area (Å²) in [4.78, 5) is 11.0. The van der Waals surface area contributed by atoms with Crippen LogP contribution >= 0.6 is 0 Å². The molecule has 0 spiro atoms. The van der Waals surface area contributed by atoms with Crippen LogP contribution < -0.4 is 5.32 Å². The molecule has 1 atom stereocenters. The highest BCUT2D eigenvalue weighted by Crippen LogP contribution is 2.03. The van der Waals surface area contributed by atoms with E-state index in [0.29, 0.717) is 19.4 Å². The van der Waals surface area contributed by atoms with Crippen LogP contribution in [-0.4, -0.2) is 23.7 Å². The average molecular weight is 218 g/mol. The van der Waals surface area contributed by atoms with Gasteiger partial charge < -0.3 is 10.4 Å². The molecule has 0 saturated carbocycles. The van der Waals surface area contributed by atoms with Gasteiger partial charge >= 0.3 is 5.97 Å². The number of carbonyl (C=O) groups is 1. The quantitative estimate of drug-likeness (QED) is 0.703. The number of nitrogens with one attached hydrogen (secondary N) is 1. The molecule has 0 heterocycles. The van der Waals surface area contributed by atoms with Gasteiger partial charge in [0.1, 0.15) is 6.04 Å². The third-order valence-electron chi connectivity index (χ3n) is 2.21. The SMILES string of the molecule is N#CCCNC(Cc1ccccc1)C(=O)O. The Hall–Kier alpha value is -1.86. The number of nitriles is 1. The van der Waals surface area contributed by atoms with Gasteiger partial charge in [-0.25, -0.2) is 0 Å². The minimum atomic E-state index is -0.887. The maximum absolute atomic E-state index is 11.0. The summed E-state index contributed by atoms with van der Waals surface area (Å²) in [6, 6.07) is 10.8. The summed E-state index contributed by atoms with van der Waals surface area (Å²) in [5.41, 5.74) is 0.972. The summed E-state index contributed by atoms with van der Waals surface area (Å²) < 4.78 is 0. The zero-order chi connectivity index (χ0) is 11.8. The predicted octanol–water partition coefficient (Wildman–Crippen LogP) is 1.19. The molecule has 0 fully saturated rings. The van der Waals surface area contributed by atoms with Gasteiger partial charge in [0.25, 0.3) is 0 Å². The molecular formula is C12H14N2O2. The lowest BCUT2D eigenvalue weighted by Gasteiger charge is -2.13. The van der Waals surface area contributed by atoms with E-state index in [9.17, 15) is 4.79 Å². The van der Waals surface area contributed by atoms with Crippen LogP contribution in [0.5, 0.6) is 0 Å². The van der Waals surface area contributed by atoms with Gasteiger partial charge in [0.05, 0.1) is 6.07 Å². The van der Waals surface area contributed by atoms with Gasteiger partial charge in [-0.2, -0.15) is 5.26 Å². The minimum Gasteiger partial charge on any atom is -0.480 e. The number of hydrogen-bond donors (Lipinski definition) is 2. The van der Waals surface area contributed by atoms with Crippen molar-refractivity contribution in [3.05, 3.63) is 35.9 Å². The lowest BCUT2D eigenvalue weighted by Crippen LogP contribution is -2.38. The van der Waals surface area contributed by atoms with Crippen LogP contribution in [-0.2, 0) is 11.2 Å². The number of carboxylic acids is 1. The summed E-state index contributed by atoms with van der Waals surface area (Å²) in [5, 5.41) is 20.2. The number of benzene rings is 1. The van der Waals surface area contributed by atoms with E-state index >= 15 is 0 Å². The zero-order valence-electron chi connectivity index (χ0n) is 8.89. The van der Waals surface area contributed by atoms with Gasteiger partial charge in [-0.3, -0.25) is 4.79 Å². The van der Waals surface area contributed by atoms with Crippen molar-refractivity contribution in [3.63, 3.8) is 0 Å². The lowest BCUT2D eigenvalue weighted by atomic mass is 10.1. The molecular weight excluding hydrogens is 204 g/mol. The topological polar surface area (TPSA) is 73.1 Å². The molecule has 0 saturated heterocycles. The number of nitrogens with zero attached hydrogens (tertiary/aromatic N) is 1. The highest BCUT2D eigenvalue weighted by Gasteiger charge is 2.16.